The molecule has 2 aliphatic heterocycles. The smallest absolute Gasteiger partial charge is 0.174 e. The highest BCUT2D eigenvalue weighted by Gasteiger charge is 2.35. The van der Waals surface area contributed by atoms with E-state index < -0.39 is 41.0 Å². The number of ether oxygens (including phenoxy) is 2. The van der Waals surface area contributed by atoms with Crippen molar-refractivity contribution in [3.05, 3.63) is 94.8 Å². The molecule has 10 heteroatoms. The van der Waals surface area contributed by atoms with Crippen LogP contribution < -0.4 is 9.47 Å². The van der Waals surface area contributed by atoms with Crippen molar-refractivity contribution in [3.63, 3.8) is 0 Å². The van der Waals surface area contributed by atoms with E-state index in [9.17, 15) is 40.2 Å². The van der Waals surface area contributed by atoms with Crippen molar-refractivity contribution in [2.75, 3.05) is 0 Å². The first-order valence-electron chi connectivity index (χ1n) is 12.5. The van der Waals surface area contributed by atoms with Gasteiger partial charge in [-0.3, -0.25) is 9.59 Å². The number of hydrogen-bond donors (Lipinski definition) is 6. The number of Topliss-reactive ketones (excluding diaryl/α,β-unsaturated/α-hetero) is 2. The van der Waals surface area contributed by atoms with Crippen molar-refractivity contribution in [1.82, 2.24) is 0 Å². The van der Waals surface area contributed by atoms with Crippen LogP contribution in [-0.2, 0) is 0 Å². The van der Waals surface area contributed by atoms with Crippen molar-refractivity contribution >= 4 is 17.1 Å². The molecule has 0 bridgehead atoms. The number of aliphatic hydroxyl groups excluding tert-OH is 1. The topological polar surface area (TPSA) is 174 Å². The molecule has 5 rings (SSSR count). The molecule has 0 aliphatic carbocycles. The molecular weight excluding hydrogens is 532 g/mol. The van der Waals surface area contributed by atoms with Gasteiger partial charge in [0.25, 0.3) is 0 Å². The molecule has 0 saturated heterocycles. The molecule has 210 valence electrons. The standard InChI is InChI=1S/C31H26O10/c1-14(25-12-23(38)29-20(35)9-18(33)10-27(29)40-25)3-8-19(34)15(2)28-21(36)11-22(37)30-24(39)13-26(41-31(28)30)16-4-6-17(32)7-5-16/h3-11,25-26,32-37H,1,12-13H2,2H3/b8-3-,19-15-/t25-,26-/m0/s1. The molecule has 0 saturated carbocycles. The third kappa shape index (κ3) is 5.03. The summed E-state index contributed by atoms with van der Waals surface area (Å²) in [7, 11) is 0. The van der Waals surface area contributed by atoms with Crippen LogP contribution in [0.4, 0.5) is 0 Å². The molecule has 2 atom stereocenters. The van der Waals surface area contributed by atoms with E-state index >= 15 is 0 Å². The zero-order chi connectivity index (χ0) is 29.6. The molecule has 0 amide bonds. The van der Waals surface area contributed by atoms with Crippen LogP contribution in [0.25, 0.3) is 5.57 Å². The normalized spacial score (nSPS) is 18.7. The van der Waals surface area contributed by atoms with Crippen LogP contribution in [0.5, 0.6) is 40.2 Å². The van der Waals surface area contributed by atoms with E-state index in [2.05, 4.69) is 6.58 Å². The highest BCUT2D eigenvalue weighted by Crippen LogP contribution is 2.48. The van der Waals surface area contributed by atoms with Gasteiger partial charge in [-0.05, 0) is 36.3 Å². The predicted molar refractivity (Wildman–Crippen MR) is 147 cm³/mol. The maximum atomic E-state index is 13.0. The number of hydrogen-bond acceptors (Lipinski definition) is 10. The summed E-state index contributed by atoms with van der Waals surface area (Å²) in [5.41, 5.74) is 0.814. The Hall–Kier alpha value is -5.38. The van der Waals surface area contributed by atoms with Crippen molar-refractivity contribution < 1.29 is 49.7 Å². The molecule has 0 fully saturated rings. The Labute approximate surface area is 234 Å². The average molecular weight is 559 g/mol. The molecule has 41 heavy (non-hydrogen) atoms. The number of fused-ring (bicyclic) bond motifs is 2. The lowest BCUT2D eigenvalue weighted by molar-refractivity contribution is 0.0841. The Morgan fingerprint density at radius 3 is 2.20 bits per heavy atom. The third-order valence-corrected chi connectivity index (χ3v) is 7.03. The highest BCUT2D eigenvalue weighted by molar-refractivity contribution is 6.05. The lowest BCUT2D eigenvalue weighted by atomic mass is 9.91. The second-order valence-electron chi connectivity index (χ2n) is 9.81. The van der Waals surface area contributed by atoms with Crippen LogP contribution in [0.2, 0.25) is 0 Å². The number of carbonyl (C=O) groups excluding carboxylic acids is 2. The maximum Gasteiger partial charge on any atom is 0.174 e. The largest absolute Gasteiger partial charge is 0.508 e. The minimum Gasteiger partial charge on any atom is -0.508 e. The van der Waals surface area contributed by atoms with E-state index in [0.29, 0.717) is 11.1 Å². The van der Waals surface area contributed by atoms with Crippen LogP contribution in [-0.4, -0.2) is 48.3 Å². The first-order valence-corrected chi connectivity index (χ1v) is 12.5. The quantitative estimate of drug-likeness (QED) is 0.177. The summed E-state index contributed by atoms with van der Waals surface area (Å²) in [6.45, 7) is 5.38. The lowest BCUT2D eigenvalue weighted by Crippen LogP contribution is -2.28. The fourth-order valence-corrected chi connectivity index (χ4v) is 4.89. The fourth-order valence-electron chi connectivity index (χ4n) is 4.89. The molecule has 2 aliphatic rings. The van der Waals surface area contributed by atoms with Gasteiger partial charge in [0.2, 0.25) is 0 Å². The molecule has 10 nitrogen and oxygen atoms in total. The first-order chi connectivity index (χ1) is 19.4. The Kier molecular flexibility index (Phi) is 6.84. The zero-order valence-electron chi connectivity index (χ0n) is 21.8. The number of carbonyl (C=O) groups is 2. The van der Waals surface area contributed by atoms with E-state index in [1.807, 2.05) is 0 Å². The SMILES string of the molecule is C=C(/C=C\C(O)=C(/C)c1c(O)cc(O)c2c1O[C@H](c1ccc(O)cc1)CC2=O)[C@@H]1CC(=O)c2c(O)cc(O)cc2O1. The second-order valence-corrected chi connectivity index (χ2v) is 9.81. The van der Waals surface area contributed by atoms with Gasteiger partial charge in [-0.25, -0.2) is 0 Å². The molecule has 0 radical (unpaired) electrons. The molecular formula is C31H26O10. The first kappa shape index (κ1) is 27.2. The van der Waals surface area contributed by atoms with Crippen LogP contribution >= 0.6 is 0 Å². The van der Waals surface area contributed by atoms with Crippen molar-refractivity contribution in [1.29, 1.82) is 0 Å². The van der Waals surface area contributed by atoms with Gasteiger partial charge in [0.15, 0.2) is 11.6 Å². The van der Waals surface area contributed by atoms with Crippen molar-refractivity contribution in [2.24, 2.45) is 0 Å². The molecule has 2 heterocycles. The molecule has 3 aromatic carbocycles. The Morgan fingerprint density at radius 2 is 1.49 bits per heavy atom. The summed E-state index contributed by atoms with van der Waals surface area (Å²) in [4.78, 5) is 25.6. The molecule has 3 aromatic rings. The van der Waals surface area contributed by atoms with Gasteiger partial charge in [0, 0.05) is 23.8 Å². The van der Waals surface area contributed by atoms with Crippen molar-refractivity contribution in [2.45, 2.75) is 32.0 Å². The third-order valence-electron chi connectivity index (χ3n) is 7.03. The summed E-state index contributed by atoms with van der Waals surface area (Å²) < 4.78 is 11.8. The molecule has 0 unspecified atom stereocenters. The van der Waals surface area contributed by atoms with Crippen LogP contribution in [0.1, 0.15) is 57.7 Å². The fraction of sp³-hybridized carbons (Fsp3) is 0.161. The molecule has 6 N–H and O–H groups in total. The second kappa shape index (κ2) is 10.3. The molecule has 0 aromatic heterocycles. The van der Waals surface area contributed by atoms with Gasteiger partial charge in [-0.15, -0.1) is 0 Å². The van der Waals surface area contributed by atoms with Gasteiger partial charge in [0.1, 0.15) is 69.3 Å². The number of aromatic hydroxyl groups is 5. The summed E-state index contributed by atoms with van der Waals surface area (Å²) in [5, 5.41) is 61.4. The van der Waals surface area contributed by atoms with E-state index in [-0.39, 0.29) is 63.9 Å². The summed E-state index contributed by atoms with van der Waals surface area (Å²) >= 11 is 0. The van der Waals surface area contributed by atoms with Crippen LogP contribution in [0.3, 0.4) is 0 Å². The summed E-state index contributed by atoms with van der Waals surface area (Å²) in [6.07, 6.45) is 0.814. The minimum atomic E-state index is -0.845. The maximum absolute atomic E-state index is 13.0. The van der Waals surface area contributed by atoms with Gasteiger partial charge in [0.05, 0.1) is 18.4 Å². The lowest BCUT2D eigenvalue weighted by Gasteiger charge is -2.28. The number of ketones is 2. The number of phenols is 5. The van der Waals surface area contributed by atoms with Gasteiger partial charge >= 0.3 is 0 Å². The Bertz CT molecular complexity index is 1660. The number of allylic oxidation sites excluding steroid dienone is 2. The van der Waals surface area contributed by atoms with Crippen molar-refractivity contribution in [3.8, 4) is 40.2 Å². The summed E-state index contributed by atoms with van der Waals surface area (Å²) in [6, 6.07) is 9.33. The molecule has 0 spiro atoms. The zero-order valence-corrected chi connectivity index (χ0v) is 21.8. The average Bonchev–Trinajstić information content (AvgIpc) is 2.90. The minimum absolute atomic E-state index is 0.000105. The van der Waals surface area contributed by atoms with Gasteiger partial charge < -0.3 is 40.1 Å². The number of aliphatic hydroxyl groups is 1. The van der Waals surface area contributed by atoms with E-state index in [0.717, 1.165) is 12.1 Å². The van der Waals surface area contributed by atoms with Gasteiger partial charge in [-0.2, -0.15) is 0 Å². The highest BCUT2D eigenvalue weighted by atomic mass is 16.5. The Morgan fingerprint density at radius 1 is 0.829 bits per heavy atom. The van der Waals surface area contributed by atoms with Crippen LogP contribution in [0, 0.1) is 0 Å². The Balaban J connectivity index is 1.45. The summed E-state index contributed by atoms with van der Waals surface area (Å²) in [5.74, 6) is -2.84. The van der Waals surface area contributed by atoms with E-state index in [4.69, 9.17) is 9.47 Å². The van der Waals surface area contributed by atoms with Crippen LogP contribution in [0.15, 0.2) is 72.5 Å². The monoisotopic (exact) mass is 558 g/mol. The van der Waals surface area contributed by atoms with E-state index in [1.165, 1.54) is 37.3 Å². The predicted octanol–water partition coefficient (Wildman–Crippen LogP) is 5.36. The van der Waals surface area contributed by atoms with E-state index in [1.54, 1.807) is 12.1 Å². The van der Waals surface area contributed by atoms with Gasteiger partial charge in [-0.1, -0.05) is 24.8 Å². The number of benzene rings is 3. The number of rotatable bonds is 5. The number of phenolic OH excluding ortho intramolecular Hbond substituents is 5.